The third-order valence-corrected chi connectivity index (χ3v) is 5.26. The molecule has 0 spiro atoms. The lowest BCUT2D eigenvalue weighted by molar-refractivity contribution is 0.273. The summed E-state index contributed by atoms with van der Waals surface area (Å²) in [6.07, 6.45) is 0. The molecule has 102 valence electrons. The van der Waals surface area contributed by atoms with E-state index in [1.165, 1.54) is 23.5 Å². The number of rotatable bonds is 3. The molecule has 0 amide bonds. The van der Waals surface area contributed by atoms with Crippen LogP contribution in [0.3, 0.4) is 0 Å². The van der Waals surface area contributed by atoms with Gasteiger partial charge in [-0.2, -0.15) is 4.31 Å². The van der Waals surface area contributed by atoms with Gasteiger partial charge in [-0.15, -0.1) is 12.4 Å². The number of hydrogen-bond acceptors (Lipinski definition) is 3. The molecule has 1 N–H and O–H groups in total. The predicted octanol–water partition coefficient (Wildman–Crippen LogP) is 1.60. The number of nitrogens with zero attached hydrogens (tertiary/aromatic N) is 1. The molecule has 0 unspecified atom stereocenters. The fraction of sp³-hybridized carbons (Fsp3) is 0.400. The van der Waals surface area contributed by atoms with Gasteiger partial charge >= 0.3 is 0 Å². The summed E-state index contributed by atoms with van der Waals surface area (Å²) in [6.45, 7) is 1.21. The molecule has 1 aromatic rings. The molecule has 1 aromatic carbocycles. The number of benzene rings is 1. The van der Waals surface area contributed by atoms with Crippen molar-refractivity contribution in [1.82, 2.24) is 9.62 Å². The lowest BCUT2D eigenvalue weighted by Crippen LogP contribution is -2.57. The topological polar surface area (TPSA) is 49.4 Å². The van der Waals surface area contributed by atoms with Crippen LogP contribution in [0.25, 0.3) is 0 Å². The summed E-state index contributed by atoms with van der Waals surface area (Å²) in [6, 6.07) is 3.85. The molecule has 2 rings (SSSR count). The number of sulfonamides is 1. The molecule has 8 heteroatoms. The minimum Gasteiger partial charge on any atom is -0.313 e. The molecule has 0 aliphatic carbocycles. The van der Waals surface area contributed by atoms with Crippen molar-refractivity contribution in [3.8, 4) is 0 Å². The van der Waals surface area contributed by atoms with Crippen LogP contribution in [0.4, 0.5) is 4.39 Å². The zero-order chi connectivity index (χ0) is 12.6. The number of likely N-dealkylation sites (N-methyl/N-ethyl adjacent to an activating group) is 1. The van der Waals surface area contributed by atoms with Gasteiger partial charge in [-0.3, -0.25) is 0 Å². The van der Waals surface area contributed by atoms with Crippen molar-refractivity contribution in [3.63, 3.8) is 0 Å². The first kappa shape index (κ1) is 15.8. The molecule has 4 nitrogen and oxygen atoms in total. The van der Waals surface area contributed by atoms with Gasteiger partial charge < -0.3 is 5.32 Å². The van der Waals surface area contributed by atoms with E-state index in [1.807, 2.05) is 0 Å². The van der Waals surface area contributed by atoms with Crippen LogP contribution in [0.15, 0.2) is 27.6 Å². The minimum absolute atomic E-state index is 0. The van der Waals surface area contributed by atoms with E-state index in [0.29, 0.717) is 17.6 Å². The van der Waals surface area contributed by atoms with Gasteiger partial charge in [0, 0.05) is 30.7 Å². The lowest BCUT2D eigenvalue weighted by atomic mass is 10.2. The van der Waals surface area contributed by atoms with Gasteiger partial charge in [0.1, 0.15) is 10.7 Å². The van der Waals surface area contributed by atoms with E-state index in [2.05, 4.69) is 21.2 Å². The van der Waals surface area contributed by atoms with Gasteiger partial charge in [-0.05, 0) is 18.2 Å². The molecule has 1 heterocycles. The molecule has 0 bridgehead atoms. The molecule has 1 saturated heterocycles. The molecule has 0 radical (unpaired) electrons. The average molecular weight is 360 g/mol. The van der Waals surface area contributed by atoms with Crippen molar-refractivity contribution >= 4 is 38.4 Å². The van der Waals surface area contributed by atoms with Gasteiger partial charge in [0.15, 0.2) is 0 Å². The fourth-order valence-corrected chi connectivity index (χ4v) is 3.30. The van der Waals surface area contributed by atoms with Gasteiger partial charge in [-0.1, -0.05) is 15.9 Å². The van der Waals surface area contributed by atoms with Gasteiger partial charge in [0.2, 0.25) is 10.0 Å². The van der Waals surface area contributed by atoms with E-state index in [-0.39, 0.29) is 23.3 Å². The van der Waals surface area contributed by atoms with Crippen molar-refractivity contribution in [2.75, 3.05) is 20.1 Å². The maximum Gasteiger partial charge on any atom is 0.246 e. The Kier molecular flexibility index (Phi) is 5.13. The zero-order valence-electron chi connectivity index (χ0n) is 9.56. The lowest BCUT2D eigenvalue weighted by Gasteiger charge is -2.34. The largest absolute Gasteiger partial charge is 0.313 e. The van der Waals surface area contributed by atoms with Crippen molar-refractivity contribution in [2.45, 2.75) is 10.9 Å². The molecular weight excluding hydrogens is 347 g/mol. The Morgan fingerprint density at radius 3 is 2.50 bits per heavy atom. The van der Waals surface area contributed by atoms with Crippen LogP contribution in [0, 0.1) is 5.82 Å². The van der Waals surface area contributed by atoms with Crippen molar-refractivity contribution < 1.29 is 12.8 Å². The Morgan fingerprint density at radius 2 is 2.06 bits per heavy atom. The second-order valence-electron chi connectivity index (χ2n) is 3.91. The molecular formula is C10H13BrClFN2O2S. The summed E-state index contributed by atoms with van der Waals surface area (Å²) >= 11 is 3.10. The molecule has 0 atom stereocenters. The highest BCUT2D eigenvalue weighted by Gasteiger charge is 2.33. The fourth-order valence-electron chi connectivity index (χ4n) is 1.57. The van der Waals surface area contributed by atoms with E-state index in [9.17, 15) is 12.8 Å². The highest BCUT2D eigenvalue weighted by molar-refractivity contribution is 9.10. The minimum atomic E-state index is -3.75. The van der Waals surface area contributed by atoms with Crippen LogP contribution >= 0.6 is 28.3 Å². The molecule has 1 fully saturated rings. The second-order valence-corrected chi connectivity index (χ2v) is 6.79. The first-order chi connectivity index (χ1) is 7.93. The van der Waals surface area contributed by atoms with E-state index in [1.54, 1.807) is 0 Å². The Bertz CT molecular complexity index is 537. The van der Waals surface area contributed by atoms with Crippen molar-refractivity contribution in [2.24, 2.45) is 0 Å². The van der Waals surface area contributed by atoms with Crippen LogP contribution in [0.1, 0.15) is 0 Å². The summed E-state index contributed by atoms with van der Waals surface area (Å²) < 4.78 is 39.7. The quantitative estimate of drug-likeness (QED) is 0.892. The summed E-state index contributed by atoms with van der Waals surface area (Å²) in [5.41, 5.74) is 0. The molecule has 1 aliphatic rings. The number of nitrogens with one attached hydrogen (secondary N) is 1. The predicted molar refractivity (Wildman–Crippen MR) is 73.0 cm³/mol. The Labute approximate surface area is 120 Å². The maximum atomic E-state index is 13.6. The highest BCUT2D eigenvalue weighted by Crippen LogP contribution is 2.23. The third kappa shape index (κ3) is 2.85. The monoisotopic (exact) mass is 358 g/mol. The second kappa shape index (κ2) is 5.83. The Balaban J connectivity index is 0.00000162. The summed E-state index contributed by atoms with van der Waals surface area (Å²) in [5.74, 6) is -0.737. The Morgan fingerprint density at radius 1 is 1.44 bits per heavy atom. The van der Waals surface area contributed by atoms with Crippen molar-refractivity contribution in [3.05, 3.63) is 28.5 Å². The van der Waals surface area contributed by atoms with Crippen LogP contribution < -0.4 is 5.32 Å². The normalized spacial score (nSPS) is 16.2. The summed E-state index contributed by atoms with van der Waals surface area (Å²) in [5, 5.41) is 2.98. The van der Waals surface area contributed by atoms with Crippen LogP contribution in [0.5, 0.6) is 0 Å². The highest BCUT2D eigenvalue weighted by atomic mass is 79.9. The molecule has 0 saturated carbocycles. The first-order valence-electron chi connectivity index (χ1n) is 5.07. The molecule has 1 aliphatic heterocycles. The van der Waals surface area contributed by atoms with Crippen LogP contribution in [0.2, 0.25) is 0 Å². The molecule has 0 aromatic heterocycles. The van der Waals surface area contributed by atoms with Crippen LogP contribution in [-0.2, 0) is 10.0 Å². The average Bonchev–Trinajstić information content (AvgIpc) is 2.13. The van der Waals surface area contributed by atoms with Gasteiger partial charge in [-0.25, -0.2) is 12.8 Å². The SMILES string of the molecule is CN(C1CNC1)S(=O)(=O)c1ccc(Br)cc1F.Cl. The van der Waals surface area contributed by atoms with Crippen LogP contribution in [-0.4, -0.2) is 38.9 Å². The third-order valence-electron chi connectivity index (χ3n) is 2.83. The standard InChI is InChI=1S/C10H12BrFN2O2S.ClH/c1-14(8-5-13-6-8)17(15,16)10-3-2-7(11)4-9(10)12;/h2-4,8,13H,5-6H2,1H3;1H. The van der Waals surface area contributed by atoms with Gasteiger partial charge in [0.05, 0.1) is 0 Å². The van der Waals surface area contributed by atoms with E-state index < -0.39 is 15.8 Å². The summed E-state index contributed by atoms with van der Waals surface area (Å²) in [4.78, 5) is -0.282. The maximum absolute atomic E-state index is 13.6. The van der Waals surface area contributed by atoms with E-state index >= 15 is 0 Å². The number of halogens is 3. The Hall–Kier alpha value is -0.210. The first-order valence-corrected chi connectivity index (χ1v) is 7.30. The van der Waals surface area contributed by atoms with Crippen molar-refractivity contribution in [1.29, 1.82) is 0 Å². The van der Waals surface area contributed by atoms with Gasteiger partial charge in [0.25, 0.3) is 0 Å². The zero-order valence-corrected chi connectivity index (χ0v) is 12.8. The smallest absolute Gasteiger partial charge is 0.246 e. The number of hydrogen-bond donors (Lipinski definition) is 1. The summed E-state index contributed by atoms with van der Waals surface area (Å²) in [7, 11) is -2.27. The van der Waals surface area contributed by atoms with E-state index in [0.717, 1.165) is 6.07 Å². The molecule has 18 heavy (non-hydrogen) atoms. The van der Waals surface area contributed by atoms with E-state index in [4.69, 9.17) is 0 Å².